The zero-order valence-corrected chi connectivity index (χ0v) is 11.3. The van der Waals surface area contributed by atoms with Crippen molar-refractivity contribution >= 4 is 23.0 Å². The predicted octanol–water partition coefficient (Wildman–Crippen LogP) is 1.53. The monoisotopic (exact) mass is 266 g/mol. The van der Waals surface area contributed by atoms with E-state index in [0.29, 0.717) is 12.8 Å². The second kappa shape index (κ2) is 6.11. The van der Waals surface area contributed by atoms with Crippen molar-refractivity contribution in [1.29, 1.82) is 0 Å². The summed E-state index contributed by atoms with van der Waals surface area (Å²) in [5, 5.41) is 5.12. The van der Waals surface area contributed by atoms with Crippen LogP contribution in [0.5, 0.6) is 0 Å². The SMILES string of the molecule is CN(C(=O)CCC(=O)c1cccs1)C1CCNC1. The van der Waals surface area contributed by atoms with Crippen molar-refractivity contribution in [2.24, 2.45) is 0 Å². The summed E-state index contributed by atoms with van der Waals surface area (Å²) >= 11 is 1.43. The van der Waals surface area contributed by atoms with E-state index in [1.54, 1.807) is 4.90 Å². The number of nitrogens with one attached hydrogen (secondary N) is 1. The topological polar surface area (TPSA) is 49.4 Å². The highest BCUT2D eigenvalue weighted by Crippen LogP contribution is 2.14. The van der Waals surface area contributed by atoms with Gasteiger partial charge in [0.1, 0.15) is 0 Å². The van der Waals surface area contributed by atoms with Crippen molar-refractivity contribution < 1.29 is 9.59 Å². The molecule has 1 aromatic heterocycles. The minimum atomic E-state index is 0.0635. The molecular weight excluding hydrogens is 248 g/mol. The van der Waals surface area contributed by atoms with Gasteiger partial charge in [-0.25, -0.2) is 0 Å². The van der Waals surface area contributed by atoms with Crippen LogP contribution in [-0.4, -0.2) is 42.8 Å². The molecule has 18 heavy (non-hydrogen) atoms. The molecule has 0 saturated carbocycles. The Hall–Kier alpha value is -1.20. The van der Waals surface area contributed by atoms with Gasteiger partial charge in [-0.1, -0.05) is 6.07 Å². The molecule has 0 aromatic carbocycles. The molecule has 1 amide bonds. The molecule has 1 N–H and O–H groups in total. The van der Waals surface area contributed by atoms with E-state index in [-0.39, 0.29) is 17.7 Å². The maximum Gasteiger partial charge on any atom is 0.223 e. The molecule has 0 spiro atoms. The van der Waals surface area contributed by atoms with Gasteiger partial charge in [0.15, 0.2) is 5.78 Å². The van der Waals surface area contributed by atoms with Crippen LogP contribution in [0.4, 0.5) is 0 Å². The lowest BCUT2D eigenvalue weighted by Crippen LogP contribution is -2.38. The molecule has 1 aliphatic heterocycles. The van der Waals surface area contributed by atoms with Gasteiger partial charge in [0.2, 0.25) is 5.91 Å². The molecule has 98 valence electrons. The lowest BCUT2D eigenvalue weighted by atomic mass is 10.1. The summed E-state index contributed by atoms with van der Waals surface area (Å²) in [5.74, 6) is 0.130. The second-order valence-electron chi connectivity index (χ2n) is 4.55. The smallest absolute Gasteiger partial charge is 0.223 e. The number of ketones is 1. The van der Waals surface area contributed by atoms with Crippen molar-refractivity contribution in [2.75, 3.05) is 20.1 Å². The van der Waals surface area contributed by atoms with Crippen LogP contribution < -0.4 is 5.32 Å². The molecular formula is C13H18N2O2S. The Morgan fingerprint density at radius 1 is 1.50 bits per heavy atom. The lowest BCUT2D eigenvalue weighted by Gasteiger charge is -2.23. The minimum Gasteiger partial charge on any atom is -0.341 e. The summed E-state index contributed by atoms with van der Waals surface area (Å²) in [6.45, 7) is 1.83. The van der Waals surface area contributed by atoms with Gasteiger partial charge in [0.25, 0.3) is 0 Å². The number of nitrogens with zero attached hydrogens (tertiary/aromatic N) is 1. The lowest BCUT2D eigenvalue weighted by molar-refractivity contribution is -0.131. The Bertz CT molecular complexity index is 411. The van der Waals surface area contributed by atoms with Crippen LogP contribution in [0.15, 0.2) is 17.5 Å². The molecule has 2 rings (SSSR count). The van der Waals surface area contributed by atoms with E-state index >= 15 is 0 Å². The molecule has 1 atom stereocenters. The molecule has 1 aliphatic rings. The number of amides is 1. The summed E-state index contributed by atoms with van der Waals surface area (Å²) in [6.07, 6.45) is 1.62. The molecule has 1 unspecified atom stereocenters. The first-order chi connectivity index (χ1) is 8.68. The number of hydrogen-bond acceptors (Lipinski definition) is 4. The fraction of sp³-hybridized carbons (Fsp3) is 0.538. The first-order valence-electron chi connectivity index (χ1n) is 6.21. The number of hydrogen-bond donors (Lipinski definition) is 1. The molecule has 4 nitrogen and oxygen atoms in total. The van der Waals surface area contributed by atoms with Crippen LogP contribution in [0.2, 0.25) is 0 Å². The molecule has 0 aliphatic carbocycles. The molecule has 1 fully saturated rings. The van der Waals surface area contributed by atoms with Gasteiger partial charge in [0, 0.05) is 32.5 Å². The van der Waals surface area contributed by atoms with Crippen molar-refractivity contribution in [3.05, 3.63) is 22.4 Å². The van der Waals surface area contributed by atoms with Gasteiger partial charge in [-0.3, -0.25) is 9.59 Å². The Balaban J connectivity index is 1.79. The number of rotatable bonds is 5. The van der Waals surface area contributed by atoms with Crippen molar-refractivity contribution in [3.8, 4) is 0 Å². The van der Waals surface area contributed by atoms with Crippen LogP contribution in [0, 0.1) is 0 Å². The van der Waals surface area contributed by atoms with Gasteiger partial charge < -0.3 is 10.2 Å². The van der Waals surface area contributed by atoms with Gasteiger partial charge in [-0.2, -0.15) is 0 Å². The molecule has 5 heteroatoms. The molecule has 2 heterocycles. The van der Waals surface area contributed by atoms with Crippen LogP contribution in [0.3, 0.4) is 0 Å². The standard InChI is InChI=1S/C13H18N2O2S/c1-15(10-6-7-14-9-10)13(17)5-4-11(16)12-3-2-8-18-12/h2-3,8,10,14H,4-7,9H2,1H3. The summed E-state index contributed by atoms with van der Waals surface area (Å²) in [4.78, 5) is 26.3. The maximum atomic E-state index is 12.0. The third kappa shape index (κ3) is 3.17. The van der Waals surface area contributed by atoms with E-state index in [4.69, 9.17) is 0 Å². The summed E-state index contributed by atoms with van der Waals surface area (Å²) in [7, 11) is 1.83. The summed E-state index contributed by atoms with van der Waals surface area (Å²) in [5.41, 5.74) is 0. The maximum absolute atomic E-state index is 12.0. The Morgan fingerprint density at radius 3 is 2.94 bits per heavy atom. The van der Waals surface area contributed by atoms with E-state index in [0.717, 1.165) is 24.4 Å². The molecule has 0 bridgehead atoms. The summed E-state index contributed by atoms with van der Waals surface area (Å²) < 4.78 is 0. The van der Waals surface area contributed by atoms with E-state index in [2.05, 4.69) is 5.32 Å². The fourth-order valence-corrected chi connectivity index (χ4v) is 2.83. The van der Waals surface area contributed by atoms with Crippen LogP contribution in [-0.2, 0) is 4.79 Å². The summed E-state index contributed by atoms with van der Waals surface area (Å²) in [6, 6.07) is 3.95. The average Bonchev–Trinajstić information content (AvgIpc) is 3.05. The average molecular weight is 266 g/mol. The van der Waals surface area contributed by atoms with E-state index in [9.17, 15) is 9.59 Å². The zero-order valence-electron chi connectivity index (χ0n) is 10.5. The largest absolute Gasteiger partial charge is 0.341 e. The third-order valence-electron chi connectivity index (χ3n) is 3.34. The van der Waals surface area contributed by atoms with Crippen molar-refractivity contribution in [3.63, 3.8) is 0 Å². The van der Waals surface area contributed by atoms with Gasteiger partial charge in [-0.15, -0.1) is 11.3 Å². The highest BCUT2D eigenvalue weighted by atomic mass is 32.1. The van der Waals surface area contributed by atoms with Gasteiger partial charge >= 0.3 is 0 Å². The molecule has 0 radical (unpaired) electrons. The van der Waals surface area contributed by atoms with Crippen LogP contribution >= 0.6 is 11.3 Å². The Morgan fingerprint density at radius 2 is 2.33 bits per heavy atom. The van der Waals surface area contributed by atoms with Crippen molar-refractivity contribution in [1.82, 2.24) is 10.2 Å². The van der Waals surface area contributed by atoms with E-state index in [1.807, 2.05) is 24.6 Å². The Kier molecular flexibility index (Phi) is 4.49. The van der Waals surface area contributed by atoms with Crippen LogP contribution in [0.25, 0.3) is 0 Å². The predicted molar refractivity (Wildman–Crippen MR) is 71.9 cm³/mol. The number of likely N-dealkylation sites (N-methyl/N-ethyl adjacent to an activating group) is 1. The second-order valence-corrected chi connectivity index (χ2v) is 5.50. The number of thiophene rings is 1. The minimum absolute atomic E-state index is 0.0635. The highest BCUT2D eigenvalue weighted by molar-refractivity contribution is 7.12. The van der Waals surface area contributed by atoms with Gasteiger partial charge in [-0.05, 0) is 24.4 Å². The van der Waals surface area contributed by atoms with Gasteiger partial charge in [0.05, 0.1) is 4.88 Å². The Labute approximate surface area is 111 Å². The first-order valence-corrected chi connectivity index (χ1v) is 7.09. The van der Waals surface area contributed by atoms with E-state index < -0.39 is 0 Å². The number of Topliss-reactive ketones (excluding diaryl/α,β-unsaturated/α-hetero) is 1. The first kappa shape index (κ1) is 13.2. The third-order valence-corrected chi connectivity index (χ3v) is 4.25. The van der Waals surface area contributed by atoms with Crippen LogP contribution in [0.1, 0.15) is 28.9 Å². The van der Waals surface area contributed by atoms with Crippen molar-refractivity contribution in [2.45, 2.75) is 25.3 Å². The number of carbonyl (C=O) groups excluding carboxylic acids is 2. The van der Waals surface area contributed by atoms with E-state index in [1.165, 1.54) is 11.3 Å². The highest BCUT2D eigenvalue weighted by Gasteiger charge is 2.23. The zero-order chi connectivity index (χ0) is 13.0. The molecule has 1 aromatic rings. The number of carbonyl (C=O) groups is 2. The quantitative estimate of drug-likeness (QED) is 0.822. The normalized spacial score (nSPS) is 18.8. The fourth-order valence-electron chi connectivity index (χ4n) is 2.13. The molecule has 1 saturated heterocycles.